The molecule has 2 nitrogen and oxygen atoms in total. The fourth-order valence-corrected chi connectivity index (χ4v) is 1.44. The van der Waals surface area contributed by atoms with Gasteiger partial charge >= 0.3 is 0 Å². The summed E-state index contributed by atoms with van der Waals surface area (Å²) in [5, 5.41) is 2.66. The number of nitrogens with one attached hydrogen (secondary N) is 1. The highest BCUT2D eigenvalue weighted by molar-refractivity contribution is 5.45. The highest BCUT2D eigenvalue weighted by Gasteiger charge is 1.93. The van der Waals surface area contributed by atoms with Gasteiger partial charge in [0.2, 0.25) is 6.41 Å². The number of rotatable bonds is 6. The molecular weight excluding hydrogens is 174 g/mol. The van der Waals surface area contributed by atoms with Gasteiger partial charge in [0.1, 0.15) is 0 Å². The standard InChI is InChI=1S/C12H17NO/c1-2-3-11-4-6-12(7-5-11)8-9-13-10-14/h4-7,10H,2-3,8-9H2,1H3,(H,13,14). The molecule has 0 heterocycles. The molecule has 0 radical (unpaired) electrons. The van der Waals surface area contributed by atoms with Gasteiger partial charge in [-0.15, -0.1) is 0 Å². The number of aryl methyl sites for hydroxylation is 1. The maximum absolute atomic E-state index is 10.0. The summed E-state index contributed by atoms with van der Waals surface area (Å²) in [6, 6.07) is 8.61. The van der Waals surface area contributed by atoms with Crippen LogP contribution in [0.4, 0.5) is 0 Å². The molecule has 14 heavy (non-hydrogen) atoms. The SMILES string of the molecule is CCCc1ccc(CCNC=O)cc1. The molecule has 0 fully saturated rings. The fraction of sp³-hybridized carbons (Fsp3) is 0.417. The normalized spacial score (nSPS) is 9.79. The van der Waals surface area contributed by atoms with Crippen LogP contribution in [0, 0.1) is 0 Å². The van der Waals surface area contributed by atoms with Crippen LogP contribution in [0.1, 0.15) is 24.5 Å². The van der Waals surface area contributed by atoms with Crippen molar-refractivity contribution < 1.29 is 4.79 Å². The van der Waals surface area contributed by atoms with Gasteiger partial charge in [-0.25, -0.2) is 0 Å². The summed E-state index contributed by atoms with van der Waals surface area (Å²) in [7, 11) is 0. The Balaban J connectivity index is 2.42. The average Bonchev–Trinajstić information content (AvgIpc) is 2.21. The molecule has 0 aliphatic rings. The zero-order chi connectivity index (χ0) is 10.2. The highest BCUT2D eigenvalue weighted by atomic mass is 16.1. The Morgan fingerprint density at radius 3 is 2.21 bits per heavy atom. The third kappa shape index (κ3) is 3.60. The van der Waals surface area contributed by atoms with Crippen molar-refractivity contribution in [3.8, 4) is 0 Å². The van der Waals surface area contributed by atoms with Gasteiger partial charge in [0, 0.05) is 6.54 Å². The van der Waals surface area contributed by atoms with E-state index in [0.717, 1.165) is 25.8 Å². The summed E-state index contributed by atoms with van der Waals surface area (Å²) in [5.41, 5.74) is 2.67. The maximum Gasteiger partial charge on any atom is 0.207 e. The topological polar surface area (TPSA) is 29.1 Å². The van der Waals surface area contributed by atoms with Crippen LogP contribution in [0.5, 0.6) is 0 Å². The molecule has 0 unspecified atom stereocenters. The Kier molecular flexibility index (Phi) is 4.76. The Hall–Kier alpha value is -1.31. The van der Waals surface area contributed by atoms with Gasteiger partial charge in [0.25, 0.3) is 0 Å². The zero-order valence-corrected chi connectivity index (χ0v) is 8.62. The lowest BCUT2D eigenvalue weighted by Crippen LogP contribution is -2.14. The average molecular weight is 191 g/mol. The largest absolute Gasteiger partial charge is 0.358 e. The van der Waals surface area contributed by atoms with Crippen molar-refractivity contribution in [2.24, 2.45) is 0 Å². The number of hydrogen-bond acceptors (Lipinski definition) is 1. The fourth-order valence-electron chi connectivity index (χ4n) is 1.44. The van der Waals surface area contributed by atoms with Gasteiger partial charge in [-0.3, -0.25) is 4.79 Å². The Bertz CT molecular complexity index is 266. The summed E-state index contributed by atoms with van der Waals surface area (Å²) in [5.74, 6) is 0. The Morgan fingerprint density at radius 2 is 1.71 bits per heavy atom. The third-order valence-electron chi connectivity index (χ3n) is 2.20. The van der Waals surface area contributed by atoms with E-state index in [9.17, 15) is 4.79 Å². The predicted molar refractivity (Wildman–Crippen MR) is 58.2 cm³/mol. The number of amides is 1. The molecule has 0 aliphatic carbocycles. The molecule has 0 spiro atoms. The predicted octanol–water partition coefficient (Wildman–Crippen LogP) is 1.93. The molecule has 0 aromatic heterocycles. The minimum atomic E-state index is 0.719. The second-order valence-electron chi connectivity index (χ2n) is 3.39. The molecular formula is C12H17NO. The van der Waals surface area contributed by atoms with Crippen LogP contribution in [0.2, 0.25) is 0 Å². The molecule has 76 valence electrons. The van der Waals surface area contributed by atoms with Gasteiger partial charge in [0.05, 0.1) is 0 Å². The minimum Gasteiger partial charge on any atom is -0.358 e. The molecule has 0 bridgehead atoms. The van der Waals surface area contributed by atoms with E-state index in [-0.39, 0.29) is 0 Å². The second-order valence-corrected chi connectivity index (χ2v) is 3.39. The van der Waals surface area contributed by atoms with Crippen molar-refractivity contribution in [3.63, 3.8) is 0 Å². The lowest BCUT2D eigenvalue weighted by atomic mass is 10.1. The highest BCUT2D eigenvalue weighted by Crippen LogP contribution is 2.06. The van der Waals surface area contributed by atoms with Crippen LogP contribution in [-0.4, -0.2) is 13.0 Å². The van der Waals surface area contributed by atoms with Crippen LogP contribution in [0.3, 0.4) is 0 Å². The van der Waals surface area contributed by atoms with Gasteiger partial charge < -0.3 is 5.32 Å². The van der Waals surface area contributed by atoms with Gasteiger partial charge in [-0.2, -0.15) is 0 Å². The lowest BCUT2D eigenvalue weighted by Gasteiger charge is -2.02. The van der Waals surface area contributed by atoms with Crippen LogP contribution in [-0.2, 0) is 17.6 Å². The van der Waals surface area contributed by atoms with Crippen molar-refractivity contribution in [2.75, 3.05) is 6.54 Å². The molecule has 1 rings (SSSR count). The summed E-state index contributed by atoms with van der Waals surface area (Å²) in [6.45, 7) is 2.90. The van der Waals surface area contributed by atoms with E-state index >= 15 is 0 Å². The van der Waals surface area contributed by atoms with Gasteiger partial charge in [-0.1, -0.05) is 37.6 Å². The molecule has 0 saturated carbocycles. The number of carbonyl (C=O) groups excluding carboxylic acids is 1. The van der Waals surface area contributed by atoms with Crippen LogP contribution < -0.4 is 5.32 Å². The van der Waals surface area contributed by atoms with E-state index in [1.807, 2.05) is 0 Å². The first-order valence-corrected chi connectivity index (χ1v) is 5.11. The molecule has 1 amide bonds. The van der Waals surface area contributed by atoms with E-state index in [0.29, 0.717) is 0 Å². The smallest absolute Gasteiger partial charge is 0.207 e. The third-order valence-corrected chi connectivity index (χ3v) is 2.20. The van der Waals surface area contributed by atoms with E-state index in [1.54, 1.807) is 0 Å². The second kappa shape index (κ2) is 6.19. The minimum absolute atomic E-state index is 0.719. The summed E-state index contributed by atoms with van der Waals surface area (Å²) >= 11 is 0. The number of carbonyl (C=O) groups is 1. The maximum atomic E-state index is 10.0. The lowest BCUT2D eigenvalue weighted by molar-refractivity contribution is -0.109. The van der Waals surface area contributed by atoms with Crippen molar-refractivity contribution in [2.45, 2.75) is 26.2 Å². The summed E-state index contributed by atoms with van der Waals surface area (Å²) in [4.78, 5) is 10.0. The summed E-state index contributed by atoms with van der Waals surface area (Å²) < 4.78 is 0. The quantitative estimate of drug-likeness (QED) is 0.540. The van der Waals surface area contributed by atoms with E-state index in [4.69, 9.17) is 0 Å². The zero-order valence-electron chi connectivity index (χ0n) is 8.62. The molecule has 1 N–H and O–H groups in total. The molecule has 0 saturated heterocycles. The molecule has 0 atom stereocenters. The van der Waals surface area contributed by atoms with Crippen molar-refractivity contribution in [3.05, 3.63) is 35.4 Å². The van der Waals surface area contributed by atoms with E-state index in [2.05, 4.69) is 36.5 Å². The van der Waals surface area contributed by atoms with Crippen molar-refractivity contribution >= 4 is 6.41 Å². The van der Waals surface area contributed by atoms with Crippen LogP contribution in [0.25, 0.3) is 0 Å². The Labute approximate surface area is 85.3 Å². The van der Waals surface area contributed by atoms with Crippen LogP contribution in [0.15, 0.2) is 24.3 Å². The van der Waals surface area contributed by atoms with Gasteiger partial charge in [-0.05, 0) is 24.0 Å². The molecule has 1 aromatic rings. The first-order valence-electron chi connectivity index (χ1n) is 5.11. The molecule has 2 heteroatoms. The number of benzene rings is 1. The number of hydrogen-bond donors (Lipinski definition) is 1. The Morgan fingerprint density at radius 1 is 1.14 bits per heavy atom. The van der Waals surface area contributed by atoms with Crippen LogP contribution >= 0.6 is 0 Å². The van der Waals surface area contributed by atoms with E-state index in [1.165, 1.54) is 17.5 Å². The van der Waals surface area contributed by atoms with E-state index < -0.39 is 0 Å². The van der Waals surface area contributed by atoms with Crippen molar-refractivity contribution in [1.29, 1.82) is 0 Å². The van der Waals surface area contributed by atoms with Gasteiger partial charge in [0.15, 0.2) is 0 Å². The first-order chi connectivity index (χ1) is 6.86. The molecule has 0 aliphatic heterocycles. The van der Waals surface area contributed by atoms with Crippen molar-refractivity contribution in [1.82, 2.24) is 5.32 Å². The summed E-state index contributed by atoms with van der Waals surface area (Å²) in [6.07, 6.45) is 3.98. The molecule has 1 aromatic carbocycles. The monoisotopic (exact) mass is 191 g/mol. The first kappa shape index (κ1) is 10.8.